The number of halogens is 1. The molecule has 13 heavy (non-hydrogen) atoms. The lowest BCUT2D eigenvalue weighted by Gasteiger charge is -2.33. The normalized spacial score (nSPS) is 37.6. The molecule has 2 rings (SSSR count). The maximum atomic E-state index is 11.9. The predicted molar refractivity (Wildman–Crippen MR) is 61.9 cm³/mol. The van der Waals surface area contributed by atoms with E-state index in [2.05, 4.69) is 26.7 Å². The highest BCUT2D eigenvalue weighted by atomic mass is 127. The summed E-state index contributed by atoms with van der Waals surface area (Å²) in [6.07, 6.45) is 7.83. The fourth-order valence-electron chi connectivity index (χ4n) is 2.83. The van der Waals surface area contributed by atoms with Crippen molar-refractivity contribution in [3.05, 3.63) is 9.66 Å². The van der Waals surface area contributed by atoms with Crippen molar-refractivity contribution in [3.63, 3.8) is 0 Å². The van der Waals surface area contributed by atoms with Crippen LogP contribution in [0.4, 0.5) is 0 Å². The van der Waals surface area contributed by atoms with Crippen LogP contribution in [0.2, 0.25) is 0 Å². The van der Waals surface area contributed by atoms with E-state index in [4.69, 9.17) is 0 Å². The Morgan fingerprint density at radius 1 is 1.15 bits per heavy atom. The molecule has 0 aromatic heterocycles. The van der Waals surface area contributed by atoms with Gasteiger partial charge in [0.15, 0.2) is 0 Å². The molecule has 0 bridgehead atoms. The molecule has 0 aromatic rings. The average Bonchev–Trinajstić information content (AvgIpc) is 2.55. The van der Waals surface area contributed by atoms with Gasteiger partial charge in [0, 0.05) is 6.42 Å². The maximum Gasteiger partial charge on any atom is 0.143 e. The number of ketones is 1. The van der Waals surface area contributed by atoms with Crippen LogP contribution < -0.4 is 0 Å². The summed E-state index contributed by atoms with van der Waals surface area (Å²) in [6, 6.07) is 0. The Bertz CT molecular complexity index is 257. The van der Waals surface area contributed by atoms with Gasteiger partial charge < -0.3 is 0 Å². The van der Waals surface area contributed by atoms with Crippen LogP contribution in [0.5, 0.6) is 0 Å². The van der Waals surface area contributed by atoms with Crippen molar-refractivity contribution < 1.29 is 4.79 Å². The van der Waals surface area contributed by atoms with Crippen molar-refractivity contribution in [2.75, 3.05) is 0 Å². The second kappa shape index (κ2) is 3.71. The van der Waals surface area contributed by atoms with Gasteiger partial charge >= 0.3 is 0 Å². The highest BCUT2D eigenvalue weighted by molar-refractivity contribution is 14.1. The zero-order chi connectivity index (χ0) is 9.31. The van der Waals surface area contributed by atoms with Crippen LogP contribution in [0, 0.1) is 5.41 Å². The quantitative estimate of drug-likeness (QED) is 0.623. The molecule has 0 heterocycles. The van der Waals surface area contributed by atoms with Crippen LogP contribution in [-0.4, -0.2) is 5.78 Å². The summed E-state index contributed by atoms with van der Waals surface area (Å²) in [5, 5.41) is 0. The molecular formula is C11H15IO. The zero-order valence-corrected chi connectivity index (χ0v) is 9.97. The molecular weight excluding hydrogens is 275 g/mol. The van der Waals surface area contributed by atoms with E-state index >= 15 is 0 Å². The molecule has 2 heteroatoms. The summed E-state index contributed by atoms with van der Waals surface area (Å²) in [7, 11) is 0. The highest BCUT2D eigenvalue weighted by Crippen LogP contribution is 2.50. The summed E-state index contributed by atoms with van der Waals surface area (Å²) in [6.45, 7) is 0. The zero-order valence-electron chi connectivity index (χ0n) is 7.81. The lowest BCUT2D eigenvalue weighted by Crippen LogP contribution is -2.32. The molecule has 72 valence electrons. The second-order valence-corrected chi connectivity index (χ2v) is 4.82. The third-order valence-corrected chi connectivity index (χ3v) is 4.34. The number of Topliss-reactive ketones (excluding diaryl/α,β-unsaturated/α-hetero) is 1. The first kappa shape index (κ1) is 9.69. The molecule has 1 nitrogen and oxygen atoms in total. The van der Waals surface area contributed by atoms with Crippen LogP contribution in [-0.2, 0) is 4.79 Å². The molecule has 0 radical (unpaired) electrons. The Balaban J connectivity index is 2.30. The van der Waals surface area contributed by atoms with Gasteiger partial charge in [-0.1, -0.05) is 34.6 Å². The summed E-state index contributed by atoms with van der Waals surface area (Å²) in [4.78, 5) is 11.9. The SMILES string of the molecule is O=C1CCCCC12CCC/C2=C/I. The average molecular weight is 290 g/mol. The monoisotopic (exact) mass is 290 g/mol. The van der Waals surface area contributed by atoms with E-state index in [-0.39, 0.29) is 5.41 Å². The molecule has 0 saturated heterocycles. The van der Waals surface area contributed by atoms with Crippen molar-refractivity contribution in [3.8, 4) is 0 Å². The standard InChI is InChI=1S/C11H15IO/c12-8-9-4-3-7-11(9)6-2-1-5-10(11)13/h8H,1-7H2/b9-8-. The molecule has 1 atom stereocenters. The van der Waals surface area contributed by atoms with Gasteiger partial charge in [-0.15, -0.1) is 0 Å². The maximum absolute atomic E-state index is 11.9. The number of hydrogen-bond donors (Lipinski definition) is 0. The third kappa shape index (κ3) is 1.47. The van der Waals surface area contributed by atoms with Gasteiger partial charge in [0.05, 0.1) is 5.41 Å². The minimum atomic E-state index is 0.0133. The topological polar surface area (TPSA) is 17.1 Å². The van der Waals surface area contributed by atoms with E-state index in [1.54, 1.807) is 0 Å². The van der Waals surface area contributed by atoms with Crippen molar-refractivity contribution in [2.24, 2.45) is 5.41 Å². The van der Waals surface area contributed by atoms with Gasteiger partial charge in [-0.05, 0) is 36.2 Å². The summed E-state index contributed by atoms with van der Waals surface area (Å²) in [5.41, 5.74) is 1.44. The first-order valence-electron chi connectivity index (χ1n) is 5.13. The Morgan fingerprint density at radius 3 is 2.62 bits per heavy atom. The van der Waals surface area contributed by atoms with Crippen molar-refractivity contribution in [1.29, 1.82) is 0 Å². The lowest BCUT2D eigenvalue weighted by molar-refractivity contribution is -0.128. The predicted octanol–water partition coefficient (Wildman–Crippen LogP) is 3.62. The fraction of sp³-hybridized carbons (Fsp3) is 0.727. The van der Waals surface area contributed by atoms with E-state index in [1.807, 2.05) is 0 Å². The molecule has 2 fully saturated rings. The van der Waals surface area contributed by atoms with Crippen LogP contribution >= 0.6 is 22.6 Å². The van der Waals surface area contributed by atoms with Crippen LogP contribution in [0.1, 0.15) is 44.9 Å². The third-order valence-electron chi connectivity index (χ3n) is 3.59. The van der Waals surface area contributed by atoms with Gasteiger partial charge in [-0.2, -0.15) is 0 Å². The smallest absolute Gasteiger partial charge is 0.143 e. The Hall–Kier alpha value is 0.140. The minimum absolute atomic E-state index is 0.0133. The van der Waals surface area contributed by atoms with E-state index < -0.39 is 0 Å². The summed E-state index contributed by atoms with van der Waals surface area (Å²) >= 11 is 2.30. The lowest BCUT2D eigenvalue weighted by atomic mass is 9.70. The van der Waals surface area contributed by atoms with Crippen LogP contribution in [0.15, 0.2) is 9.66 Å². The largest absolute Gasteiger partial charge is 0.299 e. The molecule has 2 aliphatic carbocycles. The summed E-state index contributed by atoms with van der Waals surface area (Å²) < 4.78 is 2.16. The molecule has 0 aliphatic heterocycles. The van der Waals surface area contributed by atoms with Gasteiger partial charge in [0.25, 0.3) is 0 Å². The van der Waals surface area contributed by atoms with Crippen LogP contribution in [0.25, 0.3) is 0 Å². The molecule has 2 aliphatic rings. The van der Waals surface area contributed by atoms with E-state index in [0.29, 0.717) is 5.78 Å². The molecule has 2 saturated carbocycles. The Morgan fingerprint density at radius 2 is 1.92 bits per heavy atom. The van der Waals surface area contributed by atoms with Crippen molar-refractivity contribution in [2.45, 2.75) is 44.9 Å². The number of rotatable bonds is 0. The van der Waals surface area contributed by atoms with Gasteiger partial charge in [0.1, 0.15) is 5.78 Å². The van der Waals surface area contributed by atoms with Crippen molar-refractivity contribution >= 4 is 28.4 Å². The number of carbonyl (C=O) groups excluding carboxylic acids is 1. The number of carbonyl (C=O) groups is 1. The molecule has 1 unspecified atom stereocenters. The van der Waals surface area contributed by atoms with Gasteiger partial charge in [-0.25, -0.2) is 0 Å². The summed E-state index contributed by atoms with van der Waals surface area (Å²) in [5.74, 6) is 0.527. The Labute approximate surface area is 93.1 Å². The van der Waals surface area contributed by atoms with E-state index in [9.17, 15) is 4.79 Å². The molecule has 1 spiro atoms. The van der Waals surface area contributed by atoms with Gasteiger partial charge in [-0.3, -0.25) is 4.79 Å². The fourth-order valence-corrected chi connectivity index (χ4v) is 3.74. The van der Waals surface area contributed by atoms with Gasteiger partial charge in [0.2, 0.25) is 0 Å². The Kier molecular flexibility index (Phi) is 2.77. The second-order valence-electron chi connectivity index (χ2n) is 4.20. The van der Waals surface area contributed by atoms with E-state index in [0.717, 1.165) is 32.1 Å². The number of allylic oxidation sites excluding steroid dienone is 1. The first-order chi connectivity index (χ1) is 6.29. The number of hydrogen-bond acceptors (Lipinski definition) is 1. The van der Waals surface area contributed by atoms with E-state index in [1.165, 1.54) is 18.4 Å². The molecule has 0 aromatic carbocycles. The minimum Gasteiger partial charge on any atom is -0.299 e. The molecule has 0 N–H and O–H groups in total. The van der Waals surface area contributed by atoms with Crippen molar-refractivity contribution in [1.82, 2.24) is 0 Å². The van der Waals surface area contributed by atoms with Crippen LogP contribution in [0.3, 0.4) is 0 Å². The first-order valence-corrected chi connectivity index (χ1v) is 6.37. The highest BCUT2D eigenvalue weighted by Gasteiger charge is 2.45. The molecule has 0 amide bonds.